The largest absolute Gasteiger partial charge is 0.396 e. The van der Waals surface area contributed by atoms with Gasteiger partial charge in [-0.05, 0) is 18.8 Å². The molecule has 88 valence electrons. The zero-order chi connectivity index (χ0) is 11.4. The molecule has 2 rings (SSSR count). The molecule has 0 atom stereocenters. The van der Waals surface area contributed by atoms with Crippen molar-refractivity contribution < 1.29 is 9.94 Å². The summed E-state index contributed by atoms with van der Waals surface area (Å²) in [5, 5.41) is 9.06. The fourth-order valence-electron chi connectivity index (χ4n) is 1.95. The molecule has 1 aromatic rings. The Kier molecular flexibility index (Phi) is 3.53. The number of hydrogen-bond acceptors (Lipinski definition) is 6. The van der Waals surface area contributed by atoms with Crippen molar-refractivity contribution >= 4 is 5.82 Å². The second-order valence-electron chi connectivity index (χ2n) is 3.92. The lowest BCUT2D eigenvalue weighted by atomic mass is 9.98. The third kappa shape index (κ3) is 2.23. The van der Waals surface area contributed by atoms with Gasteiger partial charge in [0.2, 0.25) is 0 Å². The van der Waals surface area contributed by atoms with Gasteiger partial charge in [0.25, 0.3) is 5.88 Å². The molecule has 2 heterocycles. The van der Waals surface area contributed by atoms with E-state index in [-0.39, 0.29) is 6.61 Å². The van der Waals surface area contributed by atoms with Crippen LogP contribution in [0.2, 0.25) is 0 Å². The Labute approximate surface area is 94.0 Å². The van der Waals surface area contributed by atoms with E-state index in [4.69, 9.17) is 11.0 Å². The van der Waals surface area contributed by atoms with E-state index < -0.39 is 0 Å². The van der Waals surface area contributed by atoms with Gasteiger partial charge < -0.3 is 14.8 Å². The van der Waals surface area contributed by atoms with Gasteiger partial charge >= 0.3 is 0 Å². The summed E-state index contributed by atoms with van der Waals surface area (Å²) in [6.45, 7) is 1.95. The summed E-state index contributed by atoms with van der Waals surface area (Å²) in [5.41, 5.74) is 0. The van der Waals surface area contributed by atoms with Crippen molar-refractivity contribution in [3.8, 4) is 5.88 Å². The molecule has 3 N–H and O–H groups in total. The molecule has 6 nitrogen and oxygen atoms in total. The fraction of sp³-hybridized carbons (Fsp3) is 0.600. The van der Waals surface area contributed by atoms with Crippen LogP contribution < -0.4 is 15.6 Å². The van der Waals surface area contributed by atoms with Gasteiger partial charge in [0, 0.05) is 32.1 Å². The second-order valence-corrected chi connectivity index (χ2v) is 3.92. The lowest BCUT2D eigenvalue weighted by molar-refractivity contribution is 0.202. The average Bonchev–Trinajstić information content (AvgIpc) is 2.39. The standard InChI is InChI=1S/C10H16N4O2/c11-16-10-9(12-3-4-13-10)14-5-1-8(7-15)2-6-14/h3-4,8,15H,1-2,5-7,11H2. The minimum Gasteiger partial charge on any atom is -0.396 e. The van der Waals surface area contributed by atoms with Gasteiger partial charge in [-0.3, -0.25) is 0 Å². The summed E-state index contributed by atoms with van der Waals surface area (Å²) in [6.07, 6.45) is 5.08. The number of nitrogens with two attached hydrogens (primary N) is 1. The molecule has 1 fully saturated rings. The third-order valence-corrected chi connectivity index (χ3v) is 2.93. The van der Waals surface area contributed by atoms with E-state index >= 15 is 0 Å². The fourth-order valence-corrected chi connectivity index (χ4v) is 1.95. The number of hydrogen-bond donors (Lipinski definition) is 2. The maximum Gasteiger partial charge on any atom is 0.280 e. The van der Waals surface area contributed by atoms with Gasteiger partial charge in [-0.15, -0.1) is 0 Å². The summed E-state index contributed by atoms with van der Waals surface area (Å²) < 4.78 is 0. The minimum absolute atomic E-state index is 0.258. The quantitative estimate of drug-likeness (QED) is 0.700. The van der Waals surface area contributed by atoms with Crippen molar-refractivity contribution in [2.75, 3.05) is 24.6 Å². The first-order chi connectivity index (χ1) is 7.85. The molecular formula is C10H16N4O2. The molecule has 1 aromatic heterocycles. The summed E-state index contributed by atoms with van der Waals surface area (Å²) >= 11 is 0. The molecule has 0 aromatic carbocycles. The number of anilines is 1. The molecule has 1 saturated heterocycles. The van der Waals surface area contributed by atoms with Crippen LogP contribution in [0.5, 0.6) is 5.88 Å². The monoisotopic (exact) mass is 224 g/mol. The Bertz CT molecular complexity index is 339. The maximum atomic E-state index is 9.06. The van der Waals surface area contributed by atoms with Crippen LogP contribution in [-0.2, 0) is 0 Å². The minimum atomic E-state index is 0.258. The van der Waals surface area contributed by atoms with E-state index in [1.165, 1.54) is 0 Å². The van der Waals surface area contributed by atoms with Crippen LogP contribution in [0.15, 0.2) is 12.4 Å². The highest BCUT2D eigenvalue weighted by Crippen LogP contribution is 2.26. The van der Waals surface area contributed by atoms with Gasteiger partial charge in [-0.1, -0.05) is 0 Å². The van der Waals surface area contributed by atoms with Crippen LogP contribution in [0.3, 0.4) is 0 Å². The first-order valence-electron chi connectivity index (χ1n) is 5.38. The van der Waals surface area contributed by atoms with Crippen LogP contribution in [0.1, 0.15) is 12.8 Å². The Morgan fingerprint density at radius 1 is 1.38 bits per heavy atom. The van der Waals surface area contributed by atoms with Crippen molar-refractivity contribution in [1.29, 1.82) is 0 Å². The van der Waals surface area contributed by atoms with Gasteiger partial charge in [-0.2, -0.15) is 5.90 Å². The molecule has 0 spiro atoms. The van der Waals surface area contributed by atoms with E-state index in [1.54, 1.807) is 12.4 Å². The molecule has 6 heteroatoms. The summed E-state index contributed by atoms with van der Waals surface area (Å²) in [4.78, 5) is 15.0. The molecule has 0 unspecified atom stereocenters. The second kappa shape index (κ2) is 5.09. The molecule has 1 aliphatic heterocycles. The predicted octanol–water partition coefficient (Wildman–Crippen LogP) is -0.0622. The number of piperidine rings is 1. The van der Waals surface area contributed by atoms with Crippen LogP contribution in [0.25, 0.3) is 0 Å². The van der Waals surface area contributed by atoms with Gasteiger partial charge in [0.1, 0.15) is 0 Å². The number of aliphatic hydroxyl groups is 1. The van der Waals surface area contributed by atoms with Crippen LogP contribution in [0, 0.1) is 5.92 Å². The number of aromatic nitrogens is 2. The Morgan fingerprint density at radius 3 is 2.69 bits per heavy atom. The number of nitrogens with zero attached hydrogens (tertiary/aromatic N) is 3. The topological polar surface area (TPSA) is 84.5 Å². The highest BCUT2D eigenvalue weighted by atomic mass is 16.6. The van der Waals surface area contributed by atoms with Crippen molar-refractivity contribution in [3.05, 3.63) is 12.4 Å². The molecule has 0 amide bonds. The van der Waals surface area contributed by atoms with Gasteiger partial charge in [0.05, 0.1) is 0 Å². The van der Waals surface area contributed by atoms with Crippen molar-refractivity contribution in [3.63, 3.8) is 0 Å². The molecule has 16 heavy (non-hydrogen) atoms. The van der Waals surface area contributed by atoms with Gasteiger partial charge in [-0.25, -0.2) is 9.97 Å². The molecule has 1 aliphatic rings. The van der Waals surface area contributed by atoms with E-state index in [2.05, 4.69) is 19.7 Å². The van der Waals surface area contributed by atoms with Crippen molar-refractivity contribution in [1.82, 2.24) is 9.97 Å². The normalized spacial score (nSPS) is 17.5. The number of aliphatic hydroxyl groups excluding tert-OH is 1. The SMILES string of the molecule is NOc1nccnc1N1CCC(CO)CC1. The zero-order valence-electron chi connectivity index (χ0n) is 9.04. The third-order valence-electron chi connectivity index (χ3n) is 2.93. The maximum absolute atomic E-state index is 9.06. The van der Waals surface area contributed by atoms with E-state index in [0.29, 0.717) is 17.6 Å². The van der Waals surface area contributed by atoms with E-state index in [9.17, 15) is 0 Å². The van der Waals surface area contributed by atoms with E-state index in [1.807, 2.05) is 0 Å². The van der Waals surface area contributed by atoms with E-state index in [0.717, 1.165) is 25.9 Å². The van der Waals surface area contributed by atoms with Crippen LogP contribution in [-0.4, -0.2) is 34.8 Å². The molecule has 0 radical (unpaired) electrons. The summed E-state index contributed by atoms with van der Waals surface area (Å²) in [5.74, 6) is 6.57. The first kappa shape index (κ1) is 11.1. The highest BCUT2D eigenvalue weighted by Gasteiger charge is 2.22. The zero-order valence-corrected chi connectivity index (χ0v) is 9.04. The Hall–Kier alpha value is -1.40. The number of rotatable bonds is 3. The van der Waals surface area contributed by atoms with Gasteiger partial charge in [0.15, 0.2) is 5.82 Å². The molecular weight excluding hydrogens is 208 g/mol. The predicted molar refractivity (Wildman–Crippen MR) is 58.9 cm³/mol. The Balaban J connectivity index is 2.07. The lowest BCUT2D eigenvalue weighted by Crippen LogP contribution is -2.35. The molecule has 0 aliphatic carbocycles. The summed E-state index contributed by atoms with van der Waals surface area (Å²) in [6, 6.07) is 0. The average molecular weight is 224 g/mol. The van der Waals surface area contributed by atoms with Crippen molar-refractivity contribution in [2.24, 2.45) is 11.8 Å². The molecule has 0 bridgehead atoms. The van der Waals surface area contributed by atoms with Crippen molar-refractivity contribution in [2.45, 2.75) is 12.8 Å². The summed E-state index contributed by atoms with van der Waals surface area (Å²) in [7, 11) is 0. The first-order valence-corrected chi connectivity index (χ1v) is 5.38. The Morgan fingerprint density at radius 2 is 2.06 bits per heavy atom. The smallest absolute Gasteiger partial charge is 0.280 e. The lowest BCUT2D eigenvalue weighted by Gasteiger charge is -2.31. The van der Waals surface area contributed by atoms with Crippen LogP contribution >= 0.6 is 0 Å². The highest BCUT2D eigenvalue weighted by molar-refractivity contribution is 5.47. The molecule has 0 saturated carbocycles. The van der Waals surface area contributed by atoms with Crippen LogP contribution in [0.4, 0.5) is 5.82 Å².